The molecule has 1 aromatic heterocycles. The second-order valence-electron chi connectivity index (χ2n) is 5.57. The minimum atomic E-state index is -0.528. The Hall–Kier alpha value is -2.67. The zero-order chi connectivity index (χ0) is 18.4. The van der Waals surface area contributed by atoms with E-state index in [-0.39, 0.29) is 12.7 Å². The predicted molar refractivity (Wildman–Crippen MR) is 95.0 cm³/mol. The first kappa shape index (κ1) is 18.7. The van der Waals surface area contributed by atoms with Crippen molar-refractivity contribution in [1.29, 1.82) is 0 Å². The van der Waals surface area contributed by atoms with Crippen LogP contribution in [0.2, 0.25) is 0 Å². The maximum absolute atomic E-state index is 11.8. The maximum atomic E-state index is 11.8. The zero-order valence-electron chi connectivity index (χ0n) is 14.2. The number of amides is 1. The van der Waals surface area contributed by atoms with Gasteiger partial charge in [-0.25, -0.2) is 9.59 Å². The molecule has 6 nitrogen and oxygen atoms in total. The maximum Gasteiger partial charge on any atom is 0.348 e. The molecule has 0 aliphatic heterocycles. The molecule has 0 radical (unpaired) electrons. The summed E-state index contributed by atoms with van der Waals surface area (Å²) in [4.78, 5) is 36.8. The average Bonchev–Trinajstić information content (AvgIpc) is 2.99. The first-order chi connectivity index (χ1) is 11.8. The van der Waals surface area contributed by atoms with Crippen molar-refractivity contribution in [1.82, 2.24) is 0 Å². The summed E-state index contributed by atoms with van der Waals surface area (Å²) in [5, 5.41) is 2.60. The molecule has 1 N–H and O–H groups in total. The van der Waals surface area contributed by atoms with Gasteiger partial charge in [0.15, 0.2) is 6.61 Å². The van der Waals surface area contributed by atoms with E-state index >= 15 is 0 Å². The largest absolute Gasteiger partial charge is 0.459 e. The number of esters is 2. The van der Waals surface area contributed by atoms with Crippen LogP contribution in [0.1, 0.15) is 38.8 Å². The van der Waals surface area contributed by atoms with Crippen molar-refractivity contribution in [3.63, 3.8) is 0 Å². The second kappa shape index (κ2) is 8.43. The highest BCUT2D eigenvalue weighted by molar-refractivity contribution is 7.13. The topological polar surface area (TPSA) is 81.7 Å². The van der Waals surface area contributed by atoms with Crippen molar-refractivity contribution in [2.75, 3.05) is 11.9 Å². The molecule has 1 amide bonds. The van der Waals surface area contributed by atoms with Gasteiger partial charge >= 0.3 is 11.9 Å². The first-order valence-corrected chi connectivity index (χ1v) is 8.51. The van der Waals surface area contributed by atoms with Crippen molar-refractivity contribution < 1.29 is 23.9 Å². The van der Waals surface area contributed by atoms with Crippen molar-refractivity contribution in [3.05, 3.63) is 51.7 Å². The molecule has 2 rings (SSSR count). The molecular weight excluding hydrogens is 342 g/mol. The fraction of sp³-hybridized carbons (Fsp3) is 0.278. The molecular formula is C18H19NO5S. The summed E-state index contributed by atoms with van der Waals surface area (Å²) in [6, 6.07) is 9.75. The van der Waals surface area contributed by atoms with Crippen LogP contribution in [0, 0.1) is 6.92 Å². The summed E-state index contributed by atoms with van der Waals surface area (Å²) >= 11 is 1.31. The van der Waals surface area contributed by atoms with Crippen LogP contribution < -0.4 is 5.32 Å². The lowest BCUT2D eigenvalue weighted by molar-refractivity contribution is -0.119. The minimum Gasteiger partial charge on any atom is -0.459 e. The van der Waals surface area contributed by atoms with E-state index in [1.54, 1.807) is 44.2 Å². The highest BCUT2D eigenvalue weighted by Gasteiger charge is 2.13. The Labute approximate surface area is 149 Å². The number of hydrogen-bond acceptors (Lipinski definition) is 6. The summed E-state index contributed by atoms with van der Waals surface area (Å²) in [5.74, 6) is -1.41. The molecule has 0 atom stereocenters. The Morgan fingerprint density at radius 2 is 1.72 bits per heavy atom. The van der Waals surface area contributed by atoms with Gasteiger partial charge in [-0.15, -0.1) is 11.3 Å². The highest BCUT2D eigenvalue weighted by Crippen LogP contribution is 2.16. The number of rotatable bonds is 6. The van der Waals surface area contributed by atoms with Crippen molar-refractivity contribution in [2.24, 2.45) is 0 Å². The van der Waals surface area contributed by atoms with Crippen LogP contribution in [0.25, 0.3) is 0 Å². The van der Waals surface area contributed by atoms with Crippen LogP contribution >= 0.6 is 11.3 Å². The van der Waals surface area contributed by atoms with Gasteiger partial charge in [0, 0.05) is 10.6 Å². The molecule has 0 saturated heterocycles. The molecule has 2 aromatic rings. The van der Waals surface area contributed by atoms with E-state index in [1.165, 1.54) is 11.3 Å². The molecule has 132 valence electrons. The van der Waals surface area contributed by atoms with Crippen LogP contribution in [0.5, 0.6) is 0 Å². The monoisotopic (exact) mass is 361 g/mol. The Bertz CT molecular complexity index is 764. The average molecular weight is 361 g/mol. The van der Waals surface area contributed by atoms with E-state index in [0.29, 0.717) is 16.1 Å². The summed E-state index contributed by atoms with van der Waals surface area (Å²) in [7, 11) is 0. The third-order valence-corrected chi connectivity index (χ3v) is 4.00. The number of carbonyl (C=O) groups excluding carboxylic acids is 3. The number of aryl methyl sites for hydroxylation is 1. The normalized spacial score (nSPS) is 10.4. The van der Waals surface area contributed by atoms with E-state index < -0.39 is 17.8 Å². The van der Waals surface area contributed by atoms with Gasteiger partial charge < -0.3 is 14.8 Å². The molecule has 25 heavy (non-hydrogen) atoms. The fourth-order valence-electron chi connectivity index (χ4n) is 1.92. The number of carbonyl (C=O) groups is 3. The lowest BCUT2D eigenvalue weighted by atomic mass is 10.2. The third kappa shape index (κ3) is 5.72. The number of hydrogen-bond donors (Lipinski definition) is 1. The predicted octanol–water partition coefficient (Wildman–Crippen LogP) is 3.42. The number of ether oxygens (including phenoxy) is 2. The first-order valence-electron chi connectivity index (χ1n) is 7.69. The standard InChI is InChI=1S/C18H19NO5S/c1-11(2)24-17(21)13-5-7-14(8-6-13)19-16(20)10-23-18(22)15-9-4-12(3)25-15/h4-9,11H,10H2,1-3H3,(H,19,20). The second-order valence-corrected chi connectivity index (χ2v) is 6.85. The lowest BCUT2D eigenvalue weighted by Gasteiger charge is -2.09. The van der Waals surface area contributed by atoms with Crippen molar-refractivity contribution in [3.8, 4) is 0 Å². The van der Waals surface area contributed by atoms with Gasteiger partial charge in [0.05, 0.1) is 11.7 Å². The SMILES string of the molecule is Cc1ccc(C(=O)OCC(=O)Nc2ccc(C(=O)OC(C)C)cc2)s1. The summed E-state index contributed by atoms with van der Waals surface area (Å²) in [5.41, 5.74) is 0.889. The van der Waals surface area contributed by atoms with Crippen LogP contribution in [0.4, 0.5) is 5.69 Å². The van der Waals surface area contributed by atoms with E-state index in [0.717, 1.165) is 4.88 Å². The molecule has 0 bridgehead atoms. The molecule has 0 fully saturated rings. The number of nitrogens with one attached hydrogen (secondary N) is 1. The Kier molecular flexibility index (Phi) is 6.30. The van der Waals surface area contributed by atoms with Crippen molar-refractivity contribution in [2.45, 2.75) is 26.9 Å². The van der Waals surface area contributed by atoms with Gasteiger partial charge in [-0.3, -0.25) is 4.79 Å². The molecule has 1 aromatic carbocycles. The fourth-order valence-corrected chi connectivity index (χ4v) is 2.68. The summed E-state index contributed by atoms with van der Waals surface area (Å²) < 4.78 is 10.0. The van der Waals surface area contributed by atoms with Crippen LogP contribution in [-0.4, -0.2) is 30.6 Å². The van der Waals surface area contributed by atoms with Gasteiger partial charge in [0.25, 0.3) is 5.91 Å². The van der Waals surface area contributed by atoms with Gasteiger partial charge in [0.2, 0.25) is 0 Å². The number of thiophene rings is 1. The molecule has 0 saturated carbocycles. The van der Waals surface area contributed by atoms with Gasteiger partial charge in [-0.05, 0) is 57.2 Å². The number of anilines is 1. The van der Waals surface area contributed by atoms with Gasteiger partial charge in [-0.2, -0.15) is 0 Å². The third-order valence-electron chi connectivity index (χ3n) is 3.02. The molecule has 7 heteroatoms. The minimum absolute atomic E-state index is 0.200. The molecule has 0 aliphatic carbocycles. The Balaban J connectivity index is 1.84. The van der Waals surface area contributed by atoms with E-state index in [9.17, 15) is 14.4 Å². The van der Waals surface area contributed by atoms with Crippen molar-refractivity contribution >= 4 is 34.9 Å². The summed E-state index contributed by atoms with van der Waals surface area (Å²) in [6.07, 6.45) is -0.200. The zero-order valence-corrected chi connectivity index (χ0v) is 15.0. The van der Waals surface area contributed by atoms with Gasteiger partial charge in [-0.1, -0.05) is 0 Å². The smallest absolute Gasteiger partial charge is 0.348 e. The number of benzene rings is 1. The molecule has 0 aliphatic rings. The van der Waals surface area contributed by atoms with E-state index in [4.69, 9.17) is 9.47 Å². The van der Waals surface area contributed by atoms with E-state index in [2.05, 4.69) is 5.32 Å². The van der Waals surface area contributed by atoms with Crippen LogP contribution in [-0.2, 0) is 14.3 Å². The van der Waals surface area contributed by atoms with Gasteiger partial charge in [0.1, 0.15) is 4.88 Å². The molecule has 0 unspecified atom stereocenters. The quantitative estimate of drug-likeness (QED) is 0.797. The van der Waals surface area contributed by atoms with Crippen LogP contribution in [0.3, 0.4) is 0 Å². The van der Waals surface area contributed by atoms with E-state index in [1.807, 2.05) is 13.0 Å². The Morgan fingerprint density at radius 1 is 1.04 bits per heavy atom. The lowest BCUT2D eigenvalue weighted by Crippen LogP contribution is -2.20. The Morgan fingerprint density at radius 3 is 2.28 bits per heavy atom. The van der Waals surface area contributed by atoms with Crippen LogP contribution in [0.15, 0.2) is 36.4 Å². The highest BCUT2D eigenvalue weighted by atomic mass is 32.1. The molecule has 1 heterocycles. The molecule has 0 spiro atoms. The summed E-state index contributed by atoms with van der Waals surface area (Å²) in [6.45, 7) is 5.04.